The Hall–Kier alpha value is -2.11. The molecule has 0 heterocycles. The zero-order chi connectivity index (χ0) is 46.5. The fourth-order valence-corrected chi connectivity index (χ4v) is 8.42. The van der Waals surface area contributed by atoms with Gasteiger partial charge in [-0.05, 0) is 51.4 Å². The van der Waals surface area contributed by atoms with Gasteiger partial charge in [0.2, 0.25) is 0 Å². The highest BCUT2D eigenvalue weighted by molar-refractivity contribution is 5.71. The van der Waals surface area contributed by atoms with E-state index in [-0.39, 0.29) is 31.1 Å². The molecule has 6 heteroatoms. The molecule has 0 rings (SSSR count). The van der Waals surface area contributed by atoms with Gasteiger partial charge in [0, 0.05) is 19.3 Å². The van der Waals surface area contributed by atoms with Gasteiger partial charge in [0.05, 0.1) is 0 Å². The van der Waals surface area contributed by atoms with E-state index in [0.29, 0.717) is 19.3 Å². The summed E-state index contributed by atoms with van der Waals surface area (Å²) in [5, 5.41) is 0. The molecule has 0 aromatic heterocycles. The van der Waals surface area contributed by atoms with Crippen LogP contribution in [0.15, 0.2) is 24.3 Å². The maximum Gasteiger partial charge on any atom is 0.306 e. The fraction of sp³-hybridized carbons (Fsp3) is 0.879. The Morgan fingerprint density at radius 3 is 0.859 bits per heavy atom. The van der Waals surface area contributed by atoms with E-state index in [1.54, 1.807) is 0 Å². The highest BCUT2D eigenvalue weighted by Gasteiger charge is 2.19. The van der Waals surface area contributed by atoms with Crippen LogP contribution in [0.5, 0.6) is 0 Å². The standard InChI is InChI=1S/C58H108O6/c1-4-7-10-13-16-19-20-21-22-23-24-25-26-27-28-29-30-31-32-33-34-35-36-37-38-40-42-45-48-51-57(60)63-54-55(53-62-56(59)50-47-44-41-18-15-12-9-6-3)64-58(61)52-49-46-43-39-17-14-11-8-5-2/h20-21,23-24,55H,4-19,22,25-54H2,1-3H3/b21-20-,24-23-. The molecule has 0 radical (unpaired) electrons. The fourth-order valence-electron chi connectivity index (χ4n) is 8.42. The summed E-state index contributed by atoms with van der Waals surface area (Å²) in [7, 11) is 0. The van der Waals surface area contributed by atoms with Crippen molar-refractivity contribution in [2.24, 2.45) is 0 Å². The van der Waals surface area contributed by atoms with Gasteiger partial charge in [0.25, 0.3) is 0 Å². The Balaban J connectivity index is 3.96. The Morgan fingerprint density at radius 2 is 0.562 bits per heavy atom. The number of carbonyl (C=O) groups excluding carboxylic acids is 3. The third kappa shape index (κ3) is 50.9. The van der Waals surface area contributed by atoms with Crippen molar-refractivity contribution in [3.63, 3.8) is 0 Å². The van der Waals surface area contributed by atoms with Crippen LogP contribution in [0.2, 0.25) is 0 Å². The molecule has 0 aliphatic heterocycles. The lowest BCUT2D eigenvalue weighted by Gasteiger charge is -2.18. The molecule has 6 nitrogen and oxygen atoms in total. The van der Waals surface area contributed by atoms with E-state index >= 15 is 0 Å². The van der Waals surface area contributed by atoms with Gasteiger partial charge in [-0.15, -0.1) is 0 Å². The second-order valence-corrected chi connectivity index (χ2v) is 19.2. The van der Waals surface area contributed by atoms with Crippen LogP contribution in [-0.4, -0.2) is 37.2 Å². The van der Waals surface area contributed by atoms with Crippen molar-refractivity contribution in [2.45, 2.75) is 316 Å². The summed E-state index contributed by atoms with van der Waals surface area (Å²) < 4.78 is 16.7. The Morgan fingerprint density at radius 1 is 0.312 bits per heavy atom. The van der Waals surface area contributed by atoms with E-state index in [1.807, 2.05) is 0 Å². The molecular formula is C58H108O6. The molecule has 376 valence electrons. The van der Waals surface area contributed by atoms with Crippen molar-refractivity contribution < 1.29 is 28.6 Å². The molecule has 0 spiro atoms. The monoisotopic (exact) mass is 901 g/mol. The van der Waals surface area contributed by atoms with Gasteiger partial charge >= 0.3 is 17.9 Å². The first-order chi connectivity index (χ1) is 31.5. The number of ether oxygens (including phenoxy) is 3. The van der Waals surface area contributed by atoms with Crippen LogP contribution in [0.1, 0.15) is 310 Å². The molecule has 0 N–H and O–H groups in total. The Kier molecular flexibility index (Phi) is 51.7. The molecule has 64 heavy (non-hydrogen) atoms. The molecular weight excluding hydrogens is 793 g/mol. The molecule has 1 atom stereocenters. The average molecular weight is 901 g/mol. The Bertz CT molecular complexity index is 1040. The molecule has 0 saturated carbocycles. The van der Waals surface area contributed by atoms with Crippen molar-refractivity contribution in [3.8, 4) is 0 Å². The minimum atomic E-state index is -0.761. The molecule has 0 aromatic rings. The van der Waals surface area contributed by atoms with Gasteiger partial charge in [-0.3, -0.25) is 14.4 Å². The lowest BCUT2D eigenvalue weighted by molar-refractivity contribution is -0.167. The third-order valence-corrected chi connectivity index (χ3v) is 12.7. The van der Waals surface area contributed by atoms with Gasteiger partial charge in [0.15, 0.2) is 6.10 Å². The summed E-state index contributed by atoms with van der Waals surface area (Å²) in [6, 6.07) is 0. The molecule has 0 aromatic carbocycles. The van der Waals surface area contributed by atoms with E-state index in [0.717, 1.165) is 64.2 Å². The molecule has 0 aliphatic rings. The van der Waals surface area contributed by atoms with Crippen LogP contribution >= 0.6 is 0 Å². The lowest BCUT2D eigenvalue weighted by atomic mass is 10.0. The maximum absolute atomic E-state index is 12.7. The van der Waals surface area contributed by atoms with Crippen LogP contribution in [0.25, 0.3) is 0 Å². The van der Waals surface area contributed by atoms with Crippen LogP contribution in [0.4, 0.5) is 0 Å². The van der Waals surface area contributed by atoms with Crippen molar-refractivity contribution in [2.75, 3.05) is 13.2 Å². The Labute approximate surface area is 398 Å². The van der Waals surface area contributed by atoms with Gasteiger partial charge in [-0.2, -0.15) is 0 Å². The van der Waals surface area contributed by atoms with Crippen molar-refractivity contribution in [3.05, 3.63) is 24.3 Å². The summed E-state index contributed by atoms with van der Waals surface area (Å²) >= 11 is 0. The van der Waals surface area contributed by atoms with Crippen LogP contribution in [0.3, 0.4) is 0 Å². The molecule has 0 amide bonds. The molecule has 0 saturated heterocycles. The highest BCUT2D eigenvalue weighted by Crippen LogP contribution is 2.17. The first-order valence-corrected chi connectivity index (χ1v) is 28.3. The van der Waals surface area contributed by atoms with Crippen LogP contribution < -0.4 is 0 Å². The van der Waals surface area contributed by atoms with E-state index < -0.39 is 6.10 Å². The summed E-state index contributed by atoms with van der Waals surface area (Å²) in [4.78, 5) is 37.8. The largest absolute Gasteiger partial charge is 0.462 e. The van der Waals surface area contributed by atoms with Gasteiger partial charge in [-0.25, -0.2) is 0 Å². The predicted molar refractivity (Wildman–Crippen MR) is 275 cm³/mol. The number of unbranched alkanes of at least 4 members (excludes halogenated alkanes) is 37. The molecule has 0 aliphatic carbocycles. The van der Waals surface area contributed by atoms with Gasteiger partial charge < -0.3 is 14.2 Å². The van der Waals surface area contributed by atoms with Crippen LogP contribution in [-0.2, 0) is 28.6 Å². The lowest BCUT2D eigenvalue weighted by Crippen LogP contribution is -2.30. The zero-order valence-electron chi connectivity index (χ0n) is 43.1. The van der Waals surface area contributed by atoms with Gasteiger partial charge in [0.1, 0.15) is 13.2 Å². The number of allylic oxidation sites excluding steroid dienone is 4. The average Bonchev–Trinajstić information content (AvgIpc) is 3.29. The zero-order valence-corrected chi connectivity index (χ0v) is 43.1. The number of carbonyl (C=O) groups is 3. The summed E-state index contributed by atoms with van der Waals surface area (Å²) in [6.45, 7) is 6.61. The van der Waals surface area contributed by atoms with Gasteiger partial charge in [-0.1, -0.05) is 263 Å². The summed E-state index contributed by atoms with van der Waals surface area (Å²) in [5.74, 6) is -0.858. The first-order valence-electron chi connectivity index (χ1n) is 28.3. The van der Waals surface area contributed by atoms with E-state index in [4.69, 9.17) is 14.2 Å². The first kappa shape index (κ1) is 61.9. The number of hydrogen-bond donors (Lipinski definition) is 0. The van der Waals surface area contributed by atoms with Crippen LogP contribution in [0, 0.1) is 0 Å². The smallest absolute Gasteiger partial charge is 0.306 e. The topological polar surface area (TPSA) is 78.9 Å². The van der Waals surface area contributed by atoms with E-state index in [1.165, 1.54) is 205 Å². The van der Waals surface area contributed by atoms with Crippen molar-refractivity contribution >= 4 is 17.9 Å². The second kappa shape index (κ2) is 53.5. The normalized spacial score (nSPS) is 12.1. The quantitative estimate of drug-likeness (QED) is 0.0262. The minimum Gasteiger partial charge on any atom is -0.462 e. The molecule has 0 fully saturated rings. The van der Waals surface area contributed by atoms with Crippen molar-refractivity contribution in [1.82, 2.24) is 0 Å². The highest BCUT2D eigenvalue weighted by atomic mass is 16.6. The molecule has 0 bridgehead atoms. The van der Waals surface area contributed by atoms with E-state index in [2.05, 4.69) is 45.1 Å². The van der Waals surface area contributed by atoms with E-state index in [9.17, 15) is 14.4 Å². The number of hydrogen-bond acceptors (Lipinski definition) is 6. The summed E-state index contributed by atoms with van der Waals surface area (Å²) in [5.41, 5.74) is 0. The SMILES string of the molecule is CCCCCCC/C=C\C/C=C\CCCCCCCCCCCCCCCCCCCC(=O)OCC(COC(=O)CCCCCCCCCC)OC(=O)CCCCCCCCCCC. The van der Waals surface area contributed by atoms with Crippen molar-refractivity contribution in [1.29, 1.82) is 0 Å². The number of esters is 3. The predicted octanol–water partition coefficient (Wildman–Crippen LogP) is 18.7. The molecule has 1 unspecified atom stereocenters. The third-order valence-electron chi connectivity index (χ3n) is 12.7. The summed E-state index contributed by atoms with van der Waals surface area (Å²) in [6.07, 6.45) is 62.1. The maximum atomic E-state index is 12.7. The number of rotatable bonds is 52. The minimum absolute atomic E-state index is 0.0658. The second-order valence-electron chi connectivity index (χ2n) is 19.2.